The molecule has 11 nitrogen and oxygen atoms in total. The molecule has 4 amide bonds. The Bertz CT molecular complexity index is 1940. The number of hydrogen-bond acceptors (Lipinski definition) is 6. The minimum atomic E-state index is -0.898. The van der Waals surface area contributed by atoms with Gasteiger partial charge in [-0.05, 0) is 48.6 Å². The number of amides is 4. The first-order valence-corrected chi connectivity index (χ1v) is 17.3. The monoisotopic (exact) mass is 674 g/mol. The molecule has 1 aromatic heterocycles. The molecule has 11 heteroatoms. The Balaban J connectivity index is 1.27. The van der Waals surface area contributed by atoms with Gasteiger partial charge in [0.1, 0.15) is 18.0 Å². The van der Waals surface area contributed by atoms with Gasteiger partial charge in [0, 0.05) is 55.7 Å². The van der Waals surface area contributed by atoms with Gasteiger partial charge in [-0.2, -0.15) is 0 Å². The minimum Gasteiger partial charge on any atom is -0.508 e. The predicted molar refractivity (Wildman–Crippen MR) is 189 cm³/mol. The number of carbonyl (C=O) groups is 4. The normalized spacial score (nSPS) is 19.5. The number of phenols is 1. The van der Waals surface area contributed by atoms with Gasteiger partial charge in [0.05, 0.1) is 18.6 Å². The lowest BCUT2D eigenvalue weighted by Gasteiger charge is -2.55. The highest BCUT2D eigenvalue weighted by Crippen LogP contribution is 2.37. The SMILES string of the molecule is C=CCN1CC(=O)N2C(Cc3ccc(O)cc3)C(=O)N(Cc3cccc4c(C(=O)C5CC5)cn(CC)c34)CC2N1C(=O)NCc1ccccc1. The van der Waals surface area contributed by atoms with Crippen LogP contribution in [-0.4, -0.2) is 85.0 Å². The summed E-state index contributed by atoms with van der Waals surface area (Å²) < 4.78 is 2.08. The number of phenolic OH excluding ortho intramolecular Hbond substituents is 1. The minimum absolute atomic E-state index is 0.0752. The topological polar surface area (TPSA) is 118 Å². The molecule has 2 atom stereocenters. The number of carbonyl (C=O) groups excluding carboxylic acids is 4. The predicted octanol–water partition coefficient (Wildman–Crippen LogP) is 4.70. The van der Waals surface area contributed by atoms with Crippen LogP contribution in [0.5, 0.6) is 5.75 Å². The van der Waals surface area contributed by atoms with Crippen LogP contribution in [0.1, 0.15) is 46.8 Å². The third-order valence-electron chi connectivity index (χ3n) is 9.93. The number of hydrogen-bond donors (Lipinski definition) is 2. The van der Waals surface area contributed by atoms with Gasteiger partial charge in [0.25, 0.3) is 0 Å². The van der Waals surface area contributed by atoms with Crippen molar-refractivity contribution in [2.24, 2.45) is 5.92 Å². The summed E-state index contributed by atoms with van der Waals surface area (Å²) in [6.45, 7) is 7.31. The van der Waals surface area contributed by atoms with E-state index in [4.69, 9.17) is 0 Å². The van der Waals surface area contributed by atoms with Gasteiger partial charge in [-0.3, -0.25) is 14.4 Å². The third kappa shape index (κ3) is 6.36. The van der Waals surface area contributed by atoms with Crippen molar-refractivity contribution in [2.75, 3.05) is 19.6 Å². The number of fused-ring (bicyclic) bond motifs is 2. The molecule has 1 saturated carbocycles. The van der Waals surface area contributed by atoms with Gasteiger partial charge in [-0.15, -0.1) is 6.58 Å². The van der Waals surface area contributed by atoms with Crippen LogP contribution in [0, 0.1) is 5.92 Å². The number of hydrazine groups is 1. The average Bonchev–Trinajstić information content (AvgIpc) is 3.90. The number of Topliss-reactive ketones (excluding diaryl/α,β-unsaturated/α-hetero) is 1. The quantitative estimate of drug-likeness (QED) is 0.176. The first kappa shape index (κ1) is 33.1. The molecule has 0 radical (unpaired) electrons. The number of rotatable bonds is 11. The van der Waals surface area contributed by atoms with Crippen molar-refractivity contribution < 1.29 is 24.3 Å². The van der Waals surface area contributed by atoms with Crippen molar-refractivity contribution in [3.05, 3.63) is 114 Å². The standard InChI is InChI=1S/C39H42N6O5/c1-3-19-43-25-35(47)44-33(20-26-13-17-30(46)18-14-26)38(49)42(24-34(44)45(43)39(50)40-21-27-9-6-5-7-10-27)22-29-11-8-12-31-32(37(48)28-15-16-28)23-41(4-2)36(29)31/h3,5-14,17-18,23,28,33-34,46H,1,4,15-16,19-22,24-25H2,2H3,(H,40,50). The fraction of sp³-hybridized carbons (Fsp3) is 0.333. The van der Waals surface area contributed by atoms with Crippen LogP contribution < -0.4 is 5.32 Å². The van der Waals surface area contributed by atoms with E-state index in [0.717, 1.165) is 40.4 Å². The molecule has 2 aliphatic heterocycles. The fourth-order valence-corrected chi connectivity index (χ4v) is 7.34. The number of piperazine rings is 1. The van der Waals surface area contributed by atoms with Crippen molar-refractivity contribution in [3.63, 3.8) is 0 Å². The van der Waals surface area contributed by atoms with Crippen molar-refractivity contribution in [1.29, 1.82) is 0 Å². The van der Waals surface area contributed by atoms with E-state index >= 15 is 0 Å². The van der Waals surface area contributed by atoms with E-state index in [-0.39, 0.29) is 74.4 Å². The van der Waals surface area contributed by atoms with Crippen LogP contribution in [-0.2, 0) is 35.6 Å². The molecule has 3 heterocycles. The summed E-state index contributed by atoms with van der Waals surface area (Å²) in [6, 6.07) is 20.8. The molecule has 3 aromatic carbocycles. The molecule has 7 rings (SSSR count). The molecule has 258 valence electrons. The van der Waals surface area contributed by atoms with Crippen LogP contribution in [0.3, 0.4) is 0 Å². The highest BCUT2D eigenvalue weighted by molar-refractivity contribution is 6.10. The van der Waals surface area contributed by atoms with E-state index in [1.807, 2.05) is 61.7 Å². The van der Waals surface area contributed by atoms with Crippen molar-refractivity contribution in [1.82, 2.24) is 29.7 Å². The van der Waals surface area contributed by atoms with E-state index in [9.17, 15) is 24.3 Å². The number of nitrogens with one attached hydrogen (secondary N) is 1. The summed E-state index contributed by atoms with van der Waals surface area (Å²) in [5.74, 6) is -0.147. The number of urea groups is 1. The molecule has 0 bridgehead atoms. The molecule has 4 aromatic rings. The van der Waals surface area contributed by atoms with Gasteiger partial charge in [0.2, 0.25) is 11.8 Å². The molecule has 1 aliphatic carbocycles. The number of benzene rings is 3. The zero-order valence-electron chi connectivity index (χ0n) is 28.2. The number of aromatic hydroxyl groups is 1. The molecule has 2 saturated heterocycles. The Morgan fingerprint density at radius 1 is 0.980 bits per heavy atom. The summed E-state index contributed by atoms with van der Waals surface area (Å²) in [6.07, 6.45) is 4.83. The molecule has 2 unspecified atom stereocenters. The Labute approximate surface area is 291 Å². The second-order valence-electron chi connectivity index (χ2n) is 13.3. The van der Waals surface area contributed by atoms with Crippen molar-refractivity contribution in [2.45, 2.75) is 58.0 Å². The van der Waals surface area contributed by atoms with Crippen LogP contribution in [0.15, 0.2) is 91.6 Å². The largest absolute Gasteiger partial charge is 0.508 e. The molecular weight excluding hydrogens is 632 g/mol. The molecule has 3 fully saturated rings. The van der Waals surface area contributed by atoms with E-state index in [0.29, 0.717) is 12.1 Å². The zero-order chi connectivity index (χ0) is 34.9. The smallest absolute Gasteiger partial charge is 0.334 e. The van der Waals surface area contributed by atoms with Crippen LogP contribution in [0.25, 0.3) is 10.9 Å². The zero-order valence-corrected chi connectivity index (χ0v) is 28.2. The Morgan fingerprint density at radius 3 is 2.44 bits per heavy atom. The van der Waals surface area contributed by atoms with Gasteiger partial charge >= 0.3 is 6.03 Å². The second-order valence-corrected chi connectivity index (χ2v) is 13.3. The lowest BCUT2D eigenvalue weighted by Crippen LogP contribution is -2.76. The van der Waals surface area contributed by atoms with Gasteiger partial charge in [-0.1, -0.05) is 66.7 Å². The molecule has 0 spiro atoms. The molecule has 2 N–H and O–H groups in total. The Morgan fingerprint density at radius 2 is 1.74 bits per heavy atom. The van der Waals surface area contributed by atoms with E-state index in [2.05, 4.69) is 16.5 Å². The number of nitrogens with zero attached hydrogens (tertiary/aromatic N) is 5. The summed E-state index contributed by atoms with van der Waals surface area (Å²) in [4.78, 5) is 59.2. The van der Waals surface area contributed by atoms with Gasteiger partial charge < -0.3 is 24.8 Å². The summed E-state index contributed by atoms with van der Waals surface area (Å²) in [7, 11) is 0. The van der Waals surface area contributed by atoms with Crippen LogP contribution in [0.4, 0.5) is 4.79 Å². The van der Waals surface area contributed by atoms with E-state index < -0.39 is 12.2 Å². The maximum absolute atomic E-state index is 14.6. The lowest BCUT2D eigenvalue weighted by atomic mass is 9.97. The average molecular weight is 675 g/mol. The highest BCUT2D eigenvalue weighted by Gasteiger charge is 2.51. The van der Waals surface area contributed by atoms with Gasteiger partial charge in [0.15, 0.2) is 5.78 Å². The summed E-state index contributed by atoms with van der Waals surface area (Å²) in [5.41, 5.74) is 4.21. The third-order valence-corrected chi connectivity index (χ3v) is 9.93. The Kier molecular flexibility index (Phi) is 9.16. The molecular formula is C39H42N6O5. The van der Waals surface area contributed by atoms with Gasteiger partial charge in [-0.25, -0.2) is 14.8 Å². The molecule has 50 heavy (non-hydrogen) atoms. The summed E-state index contributed by atoms with van der Waals surface area (Å²) in [5, 5.41) is 17.1. The van der Waals surface area contributed by atoms with E-state index in [1.165, 1.54) is 0 Å². The maximum Gasteiger partial charge on any atom is 0.334 e. The van der Waals surface area contributed by atoms with E-state index in [1.54, 1.807) is 50.2 Å². The lowest BCUT2D eigenvalue weighted by molar-refractivity contribution is -0.189. The fourth-order valence-electron chi connectivity index (χ4n) is 7.34. The second kappa shape index (κ2) is 13.8. The summed E-state index contributed by atoms with van der Waals surface area (Å²) >= 11 is 0. The molecule has 3 aliphatic rings. The number of aromatic nitrogens is 1. The first-order chi connectivity index (χ1) is 24.3. The number of ketones is 1. The Hall–Kier alpha value is -5.42. The number of aryl methyl sites for hydroxylation is 1. The van der Waals surface area contributed by atoms with Crippen molar-refractivity contribution in [3.8, 4) is 5.75 Å². The van der Waals surface area contributed by atoms with Crippen LogP contribution >= 0.6 is 0 Å². The highest BCUT2D eigenvalue weighted by atomic mass is 16.3. The van der Waals surface area contributed by atoms with Crippen molar-refractivity contribution >= 4 is 34.5 Å². The van der Waals surface area contributed by atoms with Crippen LogP contribution in [0.2, 0.25) is 0 Å². The number of para-hydroxylation sites is 1. The maximum atomic E-state index is 14.6. The first-order valence-electron chi connectivity index (χ1n) is 17.3.